The van der Waals surface area contributed by atoms with Gasteiger partial charge < -0.3 is 34.7 Å². The molecule has 2 amide bonds. The molecule has 0 radical (unpaired) electrons. The van der Waals surface area contributed by atoms with Crippen LogP contribution in [0.3, 0.4) is 0 Å². The van der Waals surface area contributed by atoms with E-state index in [0.717, 1.165) is 0 Å². The van der Waals surface area contributed by atoms with Gasteiger partial charge in [0.1, 0.15) is 13.2 Å². The van der Waals surface area contributed by atoms with Crippen LogP contribution in [-0.4, -0.2) is 94.6 Å². The Morgan fingerprint density at radius 1 is 0.767 bits per heavy atom. The maximum absolute atomic E-state index is 11.5. The second-order valence-corrected chi connectivity index (χ2v) is 6.51. The predicted molar refractivity (Wildman–Crippen MR) is 106 cm³/mol. The molecule has 1 atom stereocenters. The molecule has 0 fully saturated rings. The predicted octanol–water partition coefficient (Wildman–Crippen LogP) is -0.625. The van der Waals surface area contributed by atoms with Gasteiger partial charge in [-0.3, -0.25) is 19.2 Å². The van der Waals surface area contributed by atoms with Crippen molar-refractivity contribution in [1.29, 1.82) is 0 Å². The van der Waals surface area contributed by atoms with Crippen molar-refractivity contribution in [2.75, 3.05) is 65.9 Å². The first-order valence-corrected chi connectivity index (χ1v) is 9.89. The summed E-state index contributed by atoms with van der Waals surface area (Å²) in [6, 6.07) is 0. The SMILES string of the molecule is CC(=O)COCCOCCNC(=O)COCCOCCNC(=O)CC[C@H](C)C(=O)O. The molecule has 0 saturated heterocycles. The molecule has 11 heteroatoms. The van der Waals surface area contributed by atoms with Crippen LogP contribution in [0.1, 0.15) is 26.7 Å². The summed E-state index contributed by atoms with van der Waals surface area (Å²) in [6.45, 7) is 5.46. The highest BCUT2D eigenvalue weighted by molar-refractivity contribution is 5.77. The molecule has 0 aromatic heterocycles. The number of aliphatic carboxylic acids is 1. The fourth-order valence-corrected chi connectivity index (χ4v) is 1.96. The first-order valence-electron chi connectivity index (χ1n) is 9.89. The average Bonchev–Trinajstić information content (AvgIpc) is 2.69. The lowest BCUT2D eigenvalue weighted by Crippen LogP contribution is -2.31. The normalized spacial score (nSPS) is 11.7. The van der Waals surface area contributed by atoms with Gasteiger partial charge in [-0.1, -0.05) is 6.92 Å². The van der Waals surface area contributed by atoms with Gasteiger partial charge in [0.2, 0.25) is 11.8 Å². The van der Waals surface area contributed by atoms with E-state index >= 15 is 0 Å². The summed E-state index contributed by atoms with van der Waals surface area (Å²) < 4.78 is 20.7. The van der Waals surface area contributed by atoms with Gasteiger partial charge in [-0.05, 0) is 13.3 Å². The molecule has 0 saturated carbocycles. The Kier molecular flexibility index (Phi) is 17.6. The summed E-state index contributed by atoms with van der Waals surface area (Å²) in [7, 11) is 0. The molecule has 0 aromatic rings. The Morgan fingerprint density at radius 3 is 1.80 bits per heavy atom. The fraction of sp³-hybridized carbons (Fsp3) is 0.789. The van der Waals surface area contributed by atoms with Gasteiger partial charge in [-0.25, -0.2) is 0 Å². The number of carbonyl (C=O) groups excluding carboxylic acids is 3. The van der Waals surface area contributed by atoms with Gasteiger partial charge in [0, 0.05) is 19.5 Å². The van der Waals surface area contributed by atoms with E-state index in [9.17, 15) is 19.2 Å². The molecule has 0 spiro atoms. The van der Waals surface area contributed by atoms with Crippen molar-refractivity contribution in [3.05, 3.63) is 0 Å². The quantitative estimate of drug-likeness (QED) is 0.213. The van der Waals surface area contributed by atoms with Crippen molar-refractivity contribution in [3.8, 4) is 0 Å². The number of ketones is 1. The molecule has 174 valence electrons. The summed E-state index contributed by atoms with van der Waals surface area (Å²) in [6.07, 6.45) is 0.448. The van der Waals surface area contributed by atoms with Crippen LogP contribution >= 0.6 is 0 Å². The molecular weight excluding hydrogens is 400 g/mol. The topological polar surface area (TPSA) is 149 Å². The maximum Gasteiger partial charge on any atom is 0.306 e. The van der Waals surface area contributed by atoms with Gasteiger partial charge >= 0.3 is 5.97 Å². The highest BCUT2D eigenvalue weighted by Gasteiger charge is 2.12. The summed E-state index contributed by atoms with van der Waals surface area (Å²) in [4.78, 5) is 44.4. The Hall–Kier alpha value is -2.08. The molecule has 0 aliphatic rings. The number of ether oxygens (including phenoxy) is 4. The molecule has 30 heavy (non-hydrogen) atoms. The van der Waals surface area contributed by atoms with Crippen molar-refractivity contribution in [3.63, 3.8) is 0 Å². The Balaban J connectivity index is 3.36. The first-order chi connectivity index (χ1) is 14.3. The molecule has 0 rings (SSSR count). The van der Waals surface area contributed by atoms with Crippen LogP contribution in [0, 0.1) is 5.92 Å². The van der Waals surface area contributed by atoms with Crippen LogP contribution in [0.4, 0.5) is 0 Å². The highest BCUT2D eigenvalue weighted by atomic mass is 16.5. The number of carboxylic acid groups (broad SMARTS) is 1. The van der Waals surface area contributed by atoms with E-state index in [0.29, 0.717) is 45.9 Å². The number of carboxylic acids is 1. The van der Waals surface area contributed by atoms with Crippen molar-refractivity contribution in [2.45, 2.75) is 26.7 Å². The zero-order valence-corrected chi connectivity index (χ0v) is 17.8. The minimum Gasteiger partial charge on any atom is -0.481 e. The van der Waals surface area contributed by atoms with Crippen LogP contribution < -0.4 is 10.6 Å². The van der Waals surface area contributed by atoms with E-state index in [4.69, 9.17) is 24.1 Å². The lowest BCUT2D eigenvalue weighted by Gasteiger charge is -2.09. The summed E-state index contributed by atoms with van der Waals surface area (Å²) in [5, 5.41) is 14.0. The lowest BCUT2D eigenvalue weighted by atomic mass is 10.1. The number of carbonyl (C=O) groups is 4. The second kappa shape index (κ2) is 18.9. The molecule has 0 unspecified atom stereocenters. The van der Waals surface area contributed by atoms with Crippen molar-refractivity contribution < 1.29 is 43.2 Å². The zero-order valence-electron chi connectivity index (χ0n) is 17.8. The molecule has 0 aliphatic heterocycles. The van der Waals surface area contributed by atoms with Crippen LogP contribution in [0.25, 0.3) is 0 Å². The van der Waals surface area contributed by atoms with Crippen molar-refractivity contribution in [1.82, 2.24) is 10.6 Å². The van der Waals surface area contributed by atoms with E-state index < -0.39 is 11.9 Å². The van der Waals surface area contributed by atoms with E-state index in [1.165, 1.54) is 6.92 Å². The molecule has 0 bridgehead atoms. The minimum atomic E-state index is -0.916. The minimum absolute atomic E-state index is 0.0425. The van der Waals surface area contributed by atoms with E-state index in [2.05, 4.69) is 10.6 Å². The number of hydrogen-bond donors (Lipinski definition) is 3. The standard InChI is InChI=1S/C19H34N2O9/c1-15(19(25)26)3-4-17(23)20-5-7-27-10-12-30-14-18(24)21-6-8-28-9-11-29-13-16(2)22/h15H,3-14H2,1-2H3,(H,20,23)(H,21,24)(H,25,26)/t15-/m0/s1. The van der Waals surface area contributed by atoms with Crippen molar-refractivity contribution in [2.24, 2.45) is 5.92 Å². The van der Waals surface area contributed by atoms with E-state index in [1.807, 2.05) is 0 Å². The second-order valence-electron chi connectivity index (χ2n) is 6.51. The molecule has 0 aliphatic carbocycles. The third kappa shape index (κ3) is 19.2. The van der Waals surface area contributed by atoms with E-state index in [1.54, 1.807) is 6.92 Å². The third-order valence-corrected chi connectivity index (χ3v) is 3.65. The van der Waals surface area contributed by atoms with Crippen LogP contribution in [-0.2, 0) is 38.1 Å². The number of hydrogen-bond acceptors (Lipinski definition) is 8. The van der Waals surface area contributed by atoms with Crippen LogP contribution in [0.2, 0.25) is 0 Å². The third-order valence-electron chi connectivity index (χ3n) is 3.65. The first kappa shape index (κ1) is 27.9. The number of Topliss-reactive ketones (excluding diaryl/α,β-unsaturated/α-hetero) is 1. The lowest BCUT2D eigenvalue weighted by molar-refractivity contribution is -0.141. The molecular formula is C19H34N2O9. The number of amides is 2. The molecule has 0 heterocycles. The highest BCUT2D eigenvalue weighted by Crippen LogP contribution is 2.04. The van der Waals surface area contributed by atoms with E-state index in [-0.39, 0.29) is 50.4 Å². The largest absolute Gasteiger partial charge is 0.481 e. The smallest absolute Gasteiger partial charge is 0.306 e. The van der Waals surface area contributed by atoms with Gasteiger partial charge in [-0.2, -0.15) is 0 Å². The maximum atomic E-state index is 11.5. The van der Waals surface area contributed by atoms with Gasteiger partial charge in [-0.15, -0.1) is 0 Å². The average molecular weight is 434 g/mol. The van der Waals surface area contributed by atoms with Gasteiger partial charge in [0.05, 0.1) is 45.6 Å². The Labute approximate surface area is 176 Å². The molecule has 3 N–H and O–H groups in total. The number of nitrogens with one attached hydrogen (secondary N) is 2. The monoisotopic (exact) mass is 434 g/mol. The Morgan fingerprint density at radius 2 is 1.27 bits per heavy atom. The van der Waals surface area contributed by atoms with Crippen LogP contribution in [0.15, 0.2) is 0 Å². The van der Waals surface area contributed by atoms with Gasteiger partial charge in [0.15, 0.2) is 5.78 Å². The summed E-state index contributed by atoms with van der Waals surface area (Å²) in [5.41, 5.74) is 0. The van der Waals surface area contributed by atoms with Crippen LogP contribution in [0.5, 0.6) is 0 Å². The fourth-order valence-electron chi connectivity index (χ4n) is 1.96. The molecule has 11 nitrogen and oxygen atoms in total. The van der Waals surface area contributed by atoms with Gasteiger partial charge in [0.25, 0.3) is 0 Å². The molecule has 0 aromatic carbocycles. The Bertz CT molecular complexity index is 514. The van der Waals surface area contributed by atoms with Crippen molar-refractivity contribution >= 4 is 23.6 Å². The zero-order chi connectivity index (χ0) is 22.6. The number of rotatable bonds is 20. The summed E-state index contributed by atoms with van der Waals surface area (Å²) in [5.74, 6) is -1.99. The summed E-state index contributed by atoms with van der Waals surface area (Å²) >= 11 is 0.